The summed E-state index contributed by atoms with van der Waals surface area (Å²) in [4.78, 5) is 92.9. The molecule has 5 rings (SSSR count). The van der Waals surface area contributed by atoms with E-state index in [9.17, 15) is 48.9 Å². The summed E-state index contributed by atoms with van der Waals surface area (Å²) in [5.41, 5.74) is 3.31. The molecule has 2 aromatic rings. The summed E-state index contributed by atoms with van der Waals surface area (Å²) < 4.78 is 0.475. The standard InChI is InChI=1S/C26H27N9O10S3/c1-2-33-5-6-34(19(41)18(33)40)24(45)29-15(11-3-4-13(37)14(38)7-11)17(39)30-26(28-10-36)21(44)35-16(20(42)43)12(8-46-22(26)35)9-47-25-32-31-23(27)48-25/h3-4,7,10,15,22,37-38H,2,5-6,8-9H2,1H3,(H2,27,31)(H,28,36)(H,29,45)(H,30,39)(H,42,43)/t15?,22-,26+/m0/s1. The topological polar surface area (TPSA) is 278 Å². The van der Waals surface area contributed by atoms with Crippen LogP contribution in [-0.4, -0.2) is 124 Å². The number of aromatic hydroxyl groups is 2. The first-order valence-electron chi connectivity index (χ1n) is 13.9. The molecule has 48 heavy (non-hydrogen) atoms. The number of fused-ring (bicyclic) bond motifs is 1. The number of carboxylic acids is 1. The molecule has 2 fully saturated rings. The maximum Gasteiger partial charge on any atom is 0.352 e. The Kier molecular flexibility index (Phi) is 9.68. The lowest BCUT2D eigenvalue weighted by atomic mass is 9.94. The zero-order chi connectivity index (χ0) is 34.9. The molecule has 0 aliphatic carbocycles. The van der Waals surface area contributed by atoms with E-state index in [2.05, 4.69) is 26.1 Å². The number of rotatable bonds is 11. The molecule has 0 saturated carbocycles. The molecule has 0 radical (unpaired) electrons. The minimum absolute atomic E-state index is 0.0374. The number of nitrogen functional groups attached to an aromatic ring is 1. The molecule has 22 heteroatoms. The van der Waals surface area contributed by atoms with Crippen LogP contribution in [-0.2, 0) is 28.8 Å². The van der Waals surface area contributed by atoms with Crippen LogP contribution < -0.4 is 21.7 Å². The fourth-order valence-corrected chi connectivity index (χ4v) is 8.39. The zero-order valence-corrected chi connectivity index (χ0v) is 27.2. The zero-order valence-electron chi connectivity index (χ0n) is 24.7. The maximum absolute atomic E-state index is 13.9. The van der Waals surface area contributed by atoms with Gasteiger partial charge in [0.1, 0.15) is 17.1 Å². The number of phenolic OH excluding ortho intramolecular Hbond substituents is 2. The van der Waals surface area contributed by atoms with Gasteiger partial charge in [0.05, 0.1) is 0 Å². The van der Waals surface area contributed by atoms with E-state index in [0.29, 0.717) is 14.8 Å². The van der Waals surface area contributed by atoms with Crippen LogP contribution >= 0.6 is 34.9 Å². The highest BCUT2D eigenvalue weighted by Gasteiger charge is 2.66. The Balaban J connectivity index is 1.42. The van der Waals surface area contributed by atoms with Crippen LogP contribution in [0, 0.1) is 0 Å². The Morgan fingerprint density at radius 1 is 1.17 bits per heavy atom. The van der Waals surface area contributed by atoms with E-state index in [0.717, 1.165) is 51.9 Å². The minimum Gasteiger partial charge on any atom is -0.504 e. The molecule has 1 aromatic heterocycles. The van der Waals surface area contributed by atoms with Crippen molar-refractivity contribution in [3.05, 3.63) is 35.0 Å². The Morgan fingerprint density at radius 2 is 1.92 bits per heavy atom. The van der Waals surface area contributed by atoms with Gasteiger partial charge in [-0.2, -0.15) is 0 Å². The van der Waals surface area contributed by atoms with Crippen LogP contribution in [0.4, 0.5) is 9.93 Å². The molecule has 1 aromatic carbocycles. The van der Waals surface area contributed by atoms with Crippen LogP contribution in [0.2, 0.25) is 0 Å². The predicted molar refractivity (Wildman–Crippen MR) is 168 cm³/mol. The smallest absolute Gasteiger partial charge is 0.352 e. The number of nitrogens with one attached hydrogen (secondary N) is 3. The largest absolute Gasteiger partial charge is 0.504 e. The molecule has 2 saturated heterocycles. The molecule has 1 unspecified atom stereocenters. The van der Waals surface area contributed by atoms with Gasteiger partial charge in [0, 0.05) is 31.1 Å². The monoisotopic (exact) mass is 721 g/mol. The Morgan fingerprint density at radius 3 is 2.54 bits per heavy atom. The lowest BCUT2D eigenvalue weighted by Gasteiger charge is -2.56. The first-order chi connectivity index (χ1) is 22.8. The number of phenols is 2. The number of nitrogens with two attached hydrogens (primary N) is 1. The van der Waals surface area contributed by atoms with E-state index in [1.807, 2.05) is 0 Å². The third-order valence-corrected chi connectivity index (χ3v) is 10.9. The number of aromatic nitrogens is 2. The quantitative estimate of drug-likeness (QED) is 0.0350. The summed E-state index contributed by atoms with van der Waals surface area (Å²) in [5, 5.41) is 43.7. The summed E-state index contributed by atoms with van der Waals surface area (Å²) in [5.74, 6) is -6.68. The number of urea groups is 1. The fourth-order valence-electron chi connectivity index (χ4n) is 5.19. The van der Waals surface area contributed by atoms with E-state index in [-0.39, 0.29) is 53.9 Å². The molecule has 0 bridgehead atoms. The van der Waals surface area contributed by atoms with Crippen molar-refractivity contribution in [1.29, 1.82) is 0 Å². The molecule has 3 aliphatic rings. The molecule has 3 aliphatic heterocycles. The van der Waals surface area contributed by atoms with Gasteiger partial charge >= 0.3 is 23.8 Å². The molecular weight excluding hydrogens is 695 g/mol. The molecule has 3 atom stereocenters. The number of β-lactam (4-membered cyclic amide) rings is 1. The lowest BCUT2D eigenvalue weighted by Crippen LogP contribution is -2.85. The van der Waals surface area contributed by atoms with Gasteiger partial charge < -0.3 is 41.9 Å². The van der Waals surface area contributed by atoms with Crippen LogP contribution in [0.1, 0.15) is 18.5 Å². The molecule has 4 heterocycles. The second-order valence-corrected chi connectivity index (χ2v) is 13.6. The molecule has 8 N–H and O–H groups in total. The third-order valence-electron chi connectivity index (χ3n) is 7.55. The number of carboxylic acid groups (broad SMARTS) is 1. The Labute approximate surface area is 282 Å². The van der Waals surface area contributed by atoms with Crippen LogP contribution in [0.5, 0.6) is 11.5 Å². The first kappa shape index (κ1) is 34.3. The van der Waals surface area contributed by atoms with E-state index in [1.54, 1.807) is 6.92 Å². The number of carbonyl (C=O) groups is 7. The van der Waals surface area contributed by atoms with E-state index in [1.165, 1.54) is 11.0 Å². The highest BCUT2D eigenvalue weighted by Crippen LogP contribution is 2.46. The van der Waals surface area contributed by atoms with Gasteiger partial charge in [-0.1, -0.05) is 29.2 Å². The second-order valence-electron chi connectivity index (χ2n) is 10.3. The summed E-state index contributed by atoms with van der Waals surface area (Å²) in [7, 11) is 0. The average Bonchev–Trinajstić information content (AvgIpc) is 3.48. The summed E-state index contributed by atoms with van der Waals surface area (Å²) >= 11 is 3.31. The molecular formula is C26H27N9O10S3. The van der Waals surface area contributed by atoms with Crippen LogP contribution in [0.25, 0.3) is 0 Å². The van der Waals surface area contributed by atoms with Crippen molar-refractivity contribution >= 4 is 82.0 Å². The first-order valence-corrected chi connectivity index (χ1v) is 16.8. The molecule has 7 amide bonds. The highest BCUT2D eigenvalue weighted by molar-refractivity contribution is 8.02. The predicted octanol–water partition coefficient (Wildman–Crippen LogP) is -1.42. The highest BCUT2D eigenvalue weighted by atomic mass is 32.2. The minimum atomic E-state index is -2.18. The van der Waals surface area contributed by atoms with Crippen molar-refractivity contribution in [1.82, 2.24) is 40.8 Å². The fraction of sp³-hybridized carbons (Fsp3) is 0.346. The number of imide groups is 1. The number of hydrogen-bond acceptors (Lipinski definition) is 15. The van der Waals surface area contributed by atoms with Crippen molar-refractivity contribution in [3.63, 3.8) is 0 Å². The number of carbonyl (C=O) groups excluding carboxylic acids is 6. The van der Waals surface area contributed by atoms with Gasteiger partial charge in [0.2, 0.25) is 23.1 Å². The Bertz CT molecular complexity index is 1750. The number of benzene rings is 1. The summed E-state index contributed by atoms with van der Waals surface area (Å²) in [6, 6.07) is 0.230. The number of hydrogen-bond donors (Lipinski definition) is 7. The number of nitrogens with zero attached hydrogens (tertiary/aromatic N) is 5. The Hall–Kier alpha value is -5.09. The number of piperazine rings is 1. The summed E-state index contributed by atoms with van der Waals surface area (Å²) in [6.45, 7) is 1.72. The van der Waals surface area contributed by atoms with Gasteiger partial charge in [-0.05, 0) is 30.2 Å². The van der Waals surface area contributed by atoms with Crippen LogP contribution in [0.3, 0.4) is 0 Å². The normalized spacial score (nSPS) is 21.3. The molecule has 254 valence electrons. The van der Waals surface area contributed by atoms with E-state index in [4.69, 9.17) is 5.73 Å². The van der Waals surface area contributed by atoms with E-state index < -0.39 is 64.2 Å². The number of aliphatic carboxylic acids is 1. The molecule has 0 spiro atoms. The SMILES string of the molecule is CCN1CCN(C(=O)NC(C(=O)N[C@]2(NC=O)C(=O)N3C(C(=O)O)=C(CSc4nnc(N)s4)CS[C@H]32)c2ccc(O)c(O)c2)C(=O)C1=O. The van der Waals surface area contributed by atoms with Crippen molar-refractivity contribution in [2.45, 2.75) is 28.3 Å². The third kappa shape index (κ3) is 6.15. The van der Waals surface area contributed by atoms with Gasteiger partial charge in [-0.15, -0.1) is 22.0 Å². The van der Waals surface area contributed by atoms with Crippen LogP contribution in [0.15, 0.2) is 33.8 Å². The van der Waals surface area contributed by atoms with Gasteiger partial charge in [0.25, 0.3) is 5.91 Å². The van der Waals surface area contributed by atoms with Crippen molar-refractivity contribution in [2.75, 3.05) is 36.9 Å². The van der Waals surface area contributed by atoms with Gasteiger partial charge in [0.15, 0.2) is 15.8 Å². The van der Waals surface area contributed by atoms with Crippen molar-refractivity contribution in [3.8, 4) is 11.5 Å². The number of anilines is 1. The van der Waals surface area contributed by atoms with Gasteiger partial charge in [-0.25, -0.2) is 9.59 Å². The van der Waals surface area contributed by atoms with Crippen molar-refractivity contribution < 1.29 is 48.9 Å². The summed E-state index contributed by atoms with van der Waals surface area (Å²) in [6.07, 6.45) is 0.142. The maximum atomic E-state index is 13.9. The number of amides is 7. The number of likely N-dealkylation sites (N-methyl/N-ethyl adjacent to an activating group) is 1. The van der Waals surface area contributed by atoms with Gasteiger partial charge in [-0.3, -0.25) is 33.8 Å². The lowest BCUT2D eigenvalue weighted by molar-refractivity contribution is -0.163. The van der Waals surface area contributed by atoms with Crippen molar-refractivity contribution in [2.24, 2.45) is 0 Å². The second kappa shape index (κ2) is 13.6. The number of thioether (sulfide) groups is 2. The average molecular weight is 722 g/mol. The van der Waals surface area contributed by atoms with E-state index >= 15 is 0 Å². The molecule has 19 nitrogen and oxygen atoms in total.